The van der Waals surface area contributed by atoms with Gasteiger partial charge in [0.2, 0.25) is 0 Å². The molecule has 3 heteroatoms. The molecule has 3 rings (SSSR count). The van der Waals surface area contributed by atoms with Crippen molar-refractivity contribution in [3.8, 4) is 0 Å². The van der Waals surface area contributed by atoms with Crippen LogP contribution in [-0.2, 0) is 0 Å². The number of hydrogen-bond donors (Lipinski definition) is 1. The Bertz CT molecular complexity index is 305. The van der Waals surface area contributed by atoms with Gasteiger partial charge in [0.1, 0.15) is 0 Å². The summed E-state index contributed by atoms with van der Waals surface area (Å²) in [5, 5.41) is 10.2. The first kappa shape index (κ1) is 16.3. The largest absolute Gasteiger partial charge is 0.393 e. The summed E-state index contributed by atoms with van der Waals surface area (Å²) in [6.07, 6.45) is 18.6. The van der Waals surface area contributed by atoms with Gasteiger partial charge in [0.15, 0.2) is 0 Å². The van der Waals surface area contributed by atoms with Gasteiger partial charge in [-0.3, -0.25) is 0 Å². The molecule has 3 radical (unpaired) electrons. The van der Waals surface area contributed by atoms with Crippen molar-refractivity contribution in [1.82, 2.24) is 0 Å². The van der Waals surface area contributed by atoms with E-state index in [0.29, 0.717) is 5.66 Å². The summed E-state index contributed by atoms with van der Waals surface area (Å²) < 4.78 is 0. The Labute approximate surface area is 133 Å². The highest BCUT2D eigenvalue weighted by atomic mass is 31.2. The van der Waals surface area contributed by atoms with E-state index in [1.807, 2.05) is 0 Å². The lowest BCUT2D eigenvalue weighted by atomic mass is 9.97. The molecular weight excluding hydrogens is 274 g/mol. The van der Waals surface area contributed by atoms with E-state index in [1.54, 1.807) is 0 Å². The lowest BCUT2D eigenvalue weighted by Crippen LogP contribution is -2.38. The quantitative estimate of drug-likeness (QED) is 0.571. The minimum Gasteiger partial charge on any atom is -0.393 e. The maximum Gasteiger partial charge on any atom is 0.0575 e. The first-order chi connectivity index (χ1) is 10.2. The van der Waals surface area contributed by atoms with E-state index in [9.17, 15) is 5.11 Å². The van der Waals surface area contributed by atoms with Crippen LogP contribution in [0.5, 0.6) is 0 Å². The monoisotopic (exact) mass is 307 g/mol. The molecule has 21 heavy (non-hydrogen) atoms. The molecule has 0 aromatic rings. The van der Waals surface area contributed by atoms with E-state index in [0.717, 1.165) is 24.2 Å². The zero-order valence-electron chi connectivity index (χ0n) is 13.7. The third-order valence-corrected chi connectivity index (χ3v) is 12.0. The molecule has 0 amide bonds. The van der Waals surface area contributed by atoms with Crippen molar-refractivity contribution in [3.63, 3.8) is 0 Å². The van der Waals surface area contributed by atoms with E-state index in [2.05, 4.69) is 0 Å². The van der Waals surface area contributed by atoms with E-state index in [4.69, 9.17) is 7.57 Å². The van der Waals surface area contributed by atoms with Gasteiger partial charge in [-0.25, -0.2) is 7.14 Å². The van der Waals surface area contributed by atoms with Gasteiger partial charge in [-0.2, -0.15) is 0 Å². The van der Waals surface area contributed by atoms with Crippen LogP contribution >= 0.6 is 7.14 Å². The third kappa shape index (κ3) is 3.53. The Morgan fingerprint density at radius 1 is 0.619 bits per heavy atom. The van der Waals surface area contributed by atoms with Gasteiger partial charge in [-0.15, -0.1) is 0 Å². The highest BCUT2D eigenvalue weighted by Gasteiger charge is 2.44. The summed E-state index contributed by atoms with van der Waals surface area (Å²) in [6.45, 7) is 0. The van der Waals surface area contributed by atoms with Crippen LogP contribution in [0.15, 0.2) is 0 Å². The van der Waals surface area contributed by atoms with Gasteiger partial charge in [0.25, 0.3) is 0 Å². The molecule has 1 N–H and O–H groups in total. The number of aliphatic hydroxyl groups excluding tert-OH is 1. The van der Waals surface area contributed by atoms with Crippen molar-refractivity contribution in [3.05, 3.63) is 0 Å². The van der Waals surface area contributed by atoms with Crippen LogP contribution < -0.4 is 0 Å². The molecule has 0 aromatic carbocycles. The van der Waals surface area contributed by atoms with E-state index >= 15 is 0 Å². The minimum absolute atomic E-state index is 0.0566. The highest BCUT2D eigenvalue weighted by molar-refractivity contribution is 7.99. The van der Waals surface area contributed by atoms with Crippen molar-refractivity contribution >= 4 is 14.7 Å². The molecule has 3 aliphatic carbocycles. The summed E-state index contributed by atoms with van der Waals surface area (Å²) in [6, 6.07) is 0. The average molecular weight is 307 g/mol. The molecule has 119 valence electrons. The molecule has 0 saturated heterocycles. The Morgan fingerprint density at radius 2 is 1.10 bits per heavy atom. The smallest absolute Gasteiger partial charge is 0.0575 e. The molecule has 3 aliphatic rings. The van der Waals surface area contributed by atoms with Crippen molar-refractivity contribution < 1.29 is 5.11 Å². The summed E-state index contributed by atoms with van der Waals surface area (Å²) in [5.74, 6) is 0. The van der Waals surface area contributed by atoms with E-state index in [-0.39, 0.29) is 6.10 Å². The molecule has 2 atom stereocenters. The van der Waals surface area contributed by atoms with Crippen LogP contribution in [0, 0.1) is 0 Å². The molecule has 1 nitrogen and oxygen atoms in total. The second-order valence-corrected chi connectivity index (χ2v) is 11.9. The van der Waals surface area contributed by atoms with Gasteiger partial charge >= 0.3 is 0 Å². The van der Waals surface area contributed by atoms with Crippen LogP contribution in [0.25, 0.3) is 0 Å². The predicted molar refractivity (Wildman–Crippen MR) is 94.7 cm³/mol. The highest BCUT2D eigenvalue weighted by Crippen LogP contribution is 2.74. The SMILES string of the molecule is [B-][P+](C1CCCCC1)(C1CCCCC1)[C@H]1CCC[C@H](O)C1. The van der Waals surface area contributed by atoms with Crippen LogP contribution in [0.1, 0.15) is 89.9 Å². The fraction of sp³-hybridized carbons (Fsp3) is 1.00. The van der Waals surface area contributed by atoms with E-state index < -0.39 is 7.14 Å². The van der Waals surface area contributed by atoms with Crippen molar-refractivity contribution in [1.29, 1.82) is 0 Å². The summed E-state index contributed by atoms with van der Waals surface area (Å²) in [7, 11) is 5.99. The molecular formula is C18H33BOP. The fourth-order valence-electron chi connectivity index (χ4n) is 5.50. The fourth-order valence-corrected chi connectivity index (χ4v) is 11.0. The second kappa shape index (κ2) is 7.35. The van der Waals surface area contributed by atoms with Crippen molar-refractivity contribution in [2.24, 2.45) is 0 Å². The normalized spacial score (nSPS) is 34.0. The molecule has 0 aromatic heterocycles. The second-order valence-electron chi connectivity index (χ2n) is 7.95. The maximum atomic E-state index is 10.2. The zero-order valence-corrected chi connectivity index (χ0v) is 14.6. The van der Waals surface area contributed by atoms with E-state index in [1.165, 1.54) is 77.0 Å². The molecule has 0 spiro atoms. The summed E-state index contributed by atoms with van der Waals surface area (Å²) >= 11 is 0. The minimum atomic E-state index is -1.39. The molecule has 0 unspecified atom stereocenters. The number of rotatable bonds is 3. The van der Waals surface area contributed by atoms with Crippen molar-refractivity contribution in [2.45, 2.75) is 113 Å². The lowest BCUT2D eigenvalue weighted by molar-refractivity contribution is 0.131. The molecule has 0 aliphatic heterocycles. The summed E-state index contributed by atoms with van der Waals surface area (Å²) in [4.78, 5) is 0. The first-order valence-corrected chi connectivity index (χ1v) is 11.6. The maximum absolute atomic E-state index is 10.2. The molecule has 3 fully saturated rings. The Balaban J connectivity index is 1.81. The molecule has 3 saturated carbocycles. The average Bonchev–Trinajstić information content (AvgIpc) is 2.56. The molecule has 0 bridgehead atoms. The van der Waals surface area contributed by atoms with Gasteiger partial charge in [0.05, 0.1) is 6.10 Å². The Kier molecular flexibility index (Phi) is 5.71. The van der Waals surface area contributed by atoms with Crippen LogP contribution in [0.2, 0.25) is 0 Å². The number of aliphatic hydroxyl groups is 1. The molecule has 0 heterocycles. The Morgan fingerprint density at radius 3 is 1.57 bits per heavy atom. The van der Waals surface area contributed by atoms with Gasteiger partial charge in [-0.1, -0.05) is 12.8 Å². The van der Waals surface area contributed by atoms with Crippen LogP contribution in [0.4, 0.5) is 0 Å². The van der Waals surface area contributed by atoms with Gasteiger partial charge < -0.3 is 12.7 Å². The first-order valence-electron chi connectivity index (χ1n) is 9.56. The number of hydrogen-bond acceptors (Lipinski definition) is 1. The standard InChI is InChI=1S/C18H33BOP/c19-21(16-9-3-1-4-10-16,17-11-5-2-6-12-17)18-13-7-8-15(20)14-18/h15-18,20H,1-14H2/t15-,18-/m0/s1. The lowest BCUT2D eigenvalue weighted by Gasteiger charge is -2.58. The van der Waals surface area contributed by atoms with Gasteiger partial charge in [0, 0.05) is 23.4 Å². The topological polar surface area (TPSA) is 20.2 Å². The van der Waals surface area contributed by atoms with Crippen LogP contribution in [-0.4, -0.2) is 35.8 Å². The van der Waals surface area contributed by atoms with Crippen LogP contribution in [0.3, 0.4) is 0 Å². The Hall–Kier alpha value is 0.455. The zero-order chi connectivity index (χ0) is 14.7. The van der Waals surface area contributed by atoms with Crippen molar-refractivity contribution in [2.75, 3.05) is 0 Å². The predicted octanol–water partition coefficient (Wildman–Crippen LogP) is 5.06. The summed E-state index contributed by atoms with van der Waals surface area (Å²) in [5.41, 5.74) is 2.36. The third-order valence-electron chi connectivity index (χ3n) is 6.67. The van der Waals surface area contributed by atoms with Gasteiger partial charge in [-0.05, 0) is 70.6 Å².